The highest BCUT2D eigenvalue weighted by Gasteiger charge is 2.37. The number of aliphatic hydroxyl groups is 4. The van der Waals surface area contributed by atoms with E-state index in [0.717, 1.165) is 27.7 Å². The van der Waals surface area contributed by atoms with Crippen LogP contribution < -0.4 is 53.6 Å². The molecule has 62 heavy (non-hydrogen) atoms. The minimum Gasteiger partial charge on any atom is -0.480 e. The quantitative estimate of drug-likeness (QED) is 0.0340. The summed E-state index contributed by atoms with van der Waals surface area (Å²) in [7, 11) is 0. The number of amides is 9. The van der Waals surface area contributed by atoms with Gasteiger partial charge >= 0.3 is 5.97 Å². The van der Waals surface area contributed by atoms with Crippen molar-refractivity contribution in [3.8, 4) is 0 Å². The molecule has 25 nitrogen and oxygen atoms in total. The molecule has 0 fully saturated rings. The third-order valence-corrected chi connectivity index (χ3v) is 9.81. The Morgan fingerprint density at radius 2 is 0.694 bits per heavy atom. The van der Waals surface area contributed by atoms with Crippen molar-refractivity contribution >= 4 is 110 Å². The number of nitrogens with two attached hydrogens (primary N) is 1. The molecule has 0 saturated heterocycles. The van der Waals surface area contributed by atoms with Crippen molar-refractivity contribution in [3.63, 3.8) is 0 Å². The summed E-state index contributed by atoms with van der Waals surface area (Å²) in [4.78, 5) is 127. The van der Waals surface area contributed by atoms with E-state index in [1.165, 1.54) is 6.92 Å². The summed E-state index contributed by atoms with van der Waals surface area (Å²) in [5, 5.41) is 69.8. The Morgan fingerprint density at radius 1 is 0.419 bits per heavy atom. The Labute approximate surface area is 378 Å². The SMILES string of the molecule is C[C@H](N)C(=O)N[C@@H](CS)C(=O)NCC(=O)N[C@H](C(=O)N[C@@H](CS)C(=O)N[C@H](C(=O)N[C@H](C(=O)N[C@@H](CS)C(=O)N[C@@H](CS)C(=O)N[C@H](C(=O)O)[C@@H](C)O)[C@@H](C)O)[C@@H](C)O)[C@@H](C)O. The number of thiol groups is 4. The van der Waals surface area contributed by atoms with Crippen LogP contribution in [-0.2, 0) is 47.9 Å². The summed E-state index contributed by atoms with van der Waals surface area (Å²) in [6.07, 6.45) is -6.44. The Bertz CT molecular complexity index is 1590. The normalized spacial score (nSPS) is 17.4. The molecule has 16 N–H and O–H groups in total. The van der Waals surface area contributed by atoms with Crippen LogP contribution in [0.3, 0.4) is 0 Å². The molecule has 9 amide bonds. The number of hydrogen-bond acceptors (Lipinski definition) is 19. The first-order valence-corrected chi connectivity index (χ1v) is 21.1. The average molecular weight is 963 g/mol. The molecule has 29 heteroatoms. The van der Waals surface area contributed by atoms with E-state index in [9.17, 15) is 73.5 Å². The van der Waals surface area contributed by atoms with Crippen LogP contribution in [0.15, 0.2) is 0 Å². The zero-order chi connectivity index (χ0) is 48.2. The lowest BCUT2D eigenvalue weighted by Crippen LogP contribution is -2.64. The summed E-state index contributed by atoms with van der Waals surface area (Å²) in [5.41, 5.74) is 5.47. The fourth-order valence-corrected chi connectivity index (χ4v) is 5.77. The molecule has 0 spiro atoms. The van der Waals surface area contributed by atoms with Gasteiger partial charge in [0.05, 0.1) is 37.0 Å². The first kappa shape index (κ1) is 57.9. The minimum atomic E-state index is -1.86. The van der Waals surface area contributed by atoms with Gasteiger partial charge in [-0.3, -0.25) is 43.2 Å². The zero-order valence-corrected chi connectivity index (χ0v) is 37.8. The molecule has 0 aromatic rings. The molecular weight excluding hydrogens is 905 g/mol. The Hall–Kier alpha value is -4.10. The van der Waals surface area contributed by atoms with E-state index in [-0.39, 0.29) is 11.5 Å². The van der Waals surface area contributed by atoms with Gasteiger partial charge in [0.25, 0.3) is 0 Å². The van der Waals surface area contributed by atoms with Crippen molar-refractivity contribution < 1.29 is 73.5 Å². The predicted molar refractivity (Wildman–Crippen MR) is 232 cm³/mol. The third-order valence-electron chi connectivity index (χ3n) is 8.35. The van der Waals surface area contributed by atoms with E-state index < -0.39 is 156 Å². The molecule has 0 aliphatic rings. The lowest BCUT2D eigenvalue weighted by molar-refractivity contribution is -0.145. The molecule has 0 aromatic heterocycles. The van der Waals surface area contributed by atoms with Crippen molar-refractivity contribution in [2.24, 2.45) is 5.73 Å². The molecule has 354 valence electrons. The number of aliphatic hydroxyl groups excluding tert-OH is 4. The van der Waals surface area contributed by atoms with Crippen molar-refractivity contribution in [1.29, 1.82) is 0 Å². The molecule has 0 aromatic carbocycles. The number of rotatable bonds is 27. The van der Waals surface area contributed by atoms with Gasteiger partial charge in [-0.2, -0.15) is 50.5 Å². The van der Waals surface area contributed by atoms with E-state index in [4.69, 9.17) is 5.73 Å². The van der Waals surface area contributed by atoms with Crippen LogP contribution in [0.1, 0.15) is 34.6 Å². The number of carboxylic acids is 1. The molecule has 0 aliphatic carbocycles. The summed E-state index contributed by atoms with van der Waals surface area (Å²) in [5.74, 6) is -12.1. The number of carbonyl (C=O) groups is 10. The van der Waals surface area contributed by atoms with Gasteiger partial charge in [-0.25, -0.2) is 4.79 Å². The van der Waals surface area contributed by atoms with Crippen LogP contribution in [-0.4, -0.2) is 193 Å². The van der Waals surface area contributed by atoms with Crippen LogP contribution in [0.5, 0.6) is 0 Å². The maximum atomic E-state index is 13.3. The molecule has 0 saturated carbocycles. The number of hydrogen-bond donors (Lipinski definition) is 19. The maximum Gasteiger partial charge on any atom is 0.328 e. The Morgan fingerprint density at radius 3 is 1.03 bits per heavy atom. The molecule has 0 bridgehead atoms. The fourth-order valence-electron chi connectivity index (χ4n) is 4.75. The third kappa shape index (κ3) is 19.5. The molecule has 0 rings (SSSR count). The van der Waals surface area contributed by atoms with Gasteiger partial charge in [-0.05, 0) is 34.6 Å². The molecule has 13 atom stereocenters. The second kappa shape index (κ2) is 28.6. The van der Waals surface area contributed by atoms with E-state index in [1.807, 2.05) is 5.32 Å². The fraction of sp³-hybridized carbons (Fsp3) is 0.697. The van der Waals surface area contributed by atoms with Gasteiger partial charge < -0.3 is 79.1 Å². The first-order chi connectivity index (χ1) is 28.8. The predicted octanol–water partition coefficient (Wildman–Crippen LogP) is -8.34. The van der Waals surface area contributed by atoms with Gasteiger partial charge in [0.1, 0.15) is 42.3 Å². The second-order valence-electron chi connectivity index (χ2n) is 13.8. The maximum absolute atomic E-state index is 13.3. The van der Waals surface area contributed by atoms with Crippen LogP contribution in [0, 0.1) is 0 Å². The van der Waals surface area contributed by atoms with E-state index in [2.05, 4.69) is 93.0 Å². The lowest BCUT2D eigenvalue weighted by atomic mass is 10.1. The second-order valence-corrected chi connectivity index (χ2v) is 15.2. The Balaban J connectivity index is 5.79. The molecule has 0 radical (unpaired) electrons. The largest absolute Gasteiger partial charge is 0.480 e. The molecule has 0 unspecified atom stereocenters. The zero-order valence-electron chi connectivity index (χ0n) is 34.2. The lowest BCUT2D eigenvalue weighted by Gasteiger charge is -2.29. The van der Waals surface area contributed by atoms with Crippen LogP contribution >= 0.6 is 50.5 Å². The standard InChI is InChI=1S/C33H58N10O15S4/c1-11(34)25(49)36-16(7-59)26(50)35-6-20(48)40-21(12(2)44)30(54)39-19(10-62)28(52)41-23(14(4)46)32(56)42-22(13(3)45)31(55)38-17(8-60)27(51)37-18(9-61)29(53)43-24(15(5)47)33(57)58/h11-19,21-24,44-47,59-62H,6-10,34H2,1-5H3,(H,35,50)(H,36,49)(H,37,51)(H,38,55)(H,39,54)(H,40,48)(H,41,52)(H,42,56)(H,43,53)(H,57,58)/t11-,12+,13+,14+,15+,16-,17-,18-,19-,21-,22-,23-,24-/m0/s1. The minimum absolute atomic E-state index is 0.154. The van der Waals surface area contributed by atoms with Crippen molar-refractivity contribution in [3.05, 3.63) is 0 Å². The number of carbonyl (C=O) groups excluding carboxylic acids is 9. The highest BCUT2D eigenvalue weighted by Crippen LogP contribution is 2.04. The number of aliphatic carboxylic acids is 1. The first-order valence-electron chi connectivity index (χ1n) is 18.6. The number of carboxylic acid groups (broad SMARTS) is 1. The van der Waals surface area contributed by atoms with E-state index in [0.29, 0.717) is 0 Å². The molecular formula is C33H58N10O15S4. The van der Waals surface area contributed by atoms with Crippen LogP contribution in [0.2, 0.25) is 0 Å². The van der Waals surface area contributed by atoms with Gasteiger partial charge in [0, 0.05) is 23.0 Å². The summed E-state index contributed by atoms with van der Waals surface area (Å²) < 4.78 is 0. The highest BCUT2D eigenvalue weighted by molar-refractivity contribution is 7.80. The highest BCUT2D eigenvalue weighted by atomic mass is 32.1. The van der Waals surface area contributed by atoms with Crippen LogP contribution in [0.4, 0.5) is 0 Å². The monoisotopic (exact) mass is 962 g/mol. The Kier molecular flexibility index (Phi) is 26.7. The van der Waals surface area contributed by atoms with Gasteiger partial charge in [-0.1, -0.05) is 0 Å². The van der Waals surface area contributed by atoms with Gasteiger partial charge in [0.2, 0.25) is 53.2 Å². The molecule has 0 heterocycles. The topological polar surface area (TPSA) is 406 Å². The van der Waals surface area contributed by atoms with E-state index in [1.54, 1.807) is 0 Å². The molecule has 0 aliphatic heterocycles. The summed E-state index contributed by atoms with van der Waals surface area (Å²) >= 11 is 16.0. The number of nitrogens with one attached hydrogen (secondary N) is 9. The summed E-state index contributed by atoms with van der Waals surface area (Å²) in [6, 6.07) is -13.8. The van der Waals surface area contributed by atoms with Crippen molar-refractivity contribution in [1.82, 2.24) is 47.9 Å². The van der Waals surface area contributed by atoms with Crippen LogP contribution in [0.25, 0.3) is 0 Å². The summed E-state index contributed by atoms with van der Waals surface area (Å²) in [6.45, 7) is 5.06. The van der Waals surface area contributed by atoms with Crippen molar-refractivity contribution in [2.75, 3.05) is 29.6 Å². The smallest absolute Gasteiger partial charge is 0.328 e. The van der Waals surface area contributed by atoms with Gasteiger partial charge in [0.15, 0.2) is 6.04 Å². The van der Waals surface area contributed by atoms with E-state index >= 15 is 0 Å². The average Bonchev–Trinajstić information content (AvgIpc) is 3.19. The van der Waals surface area contributed by atoms with Gasteiger partial charge in [-0.15, -0.1) is 0 Å². The van der Waals surface area contributed by atoms with Crippen molar-refractivity contribution in [2.45, 2.75) is 113 Å².